The molecular weight excluding hydrogens is 570 g/mol. The summed E-state index contributed by atoms with van der Waals surface area (Å²) in [6.45, 7) is 4.43. The van der Waals surface area contributed by atoms with Crippen LogP contribution < -0.4 is 20.7 Å². The number of aromatic nitrogens is 4. The lowest BCUT2D eigenvalue weighted by Crippen LogP contribution is -2.44. The number of ether oxygens (including phenoxy) is 1. The number of hydrogen-bond donors (Lipinski definition) is 3. The first-order valence-electron chi connectivity index (χ1n) is 14.8. The second-order valence-electron chi connectivity index (χ2n) is 11.3. The van der Waals surface area contributed by atoms with Crippen LogP contribution in [0, 0.1) is 24.2 Å². The van der Waals surface area contributed by atoms with Gasteiger partial charge in [-0.05, 0) is 49.6 Å². The van der Waals surface area contributed by atoms with Gasteiger partial charge in [0, 0.05) is 67.6 Å². The van der Waals surface area contributed by atoms with E-state index in [1.165, 1.54) is 7.05 Å². The van der Waals surface area contributed by atoms with E-state index in [2.05, 4.69) is 48.2 Å². The van der Waals surface area contributed by atoms with Gasteiger partial charge in [-0.3, -0.25) is 19.5 Å². The molecule has 45 heavy (non-hydrogen) atoms. The van der Waals surface area contributed by atoms with Gasteiger partial charge in [-0.1, -0.05) is 18.2 Å². The Balaban J connectivity index is 1.21. The molecule has 1 aliphatic carbocycles. The topological polar surface area (TPSA) is 158 Å². The Morgan fingerprint density at radius 1 is 1.09 bits per heavy atom. The maximum atomic E-state index is 12.6. The molecule has 12 nitrogen and oxygen atoms in total. The lowest BCUT2D eigenvalue weighted by atomic mass is 9.93. The van der Waals surface area contributed by atoms with E-state index in [9.17, 15) is 9.59 Å². The molecule has 1 aromatic carbocycles. The summed E-state index contributed by atoms with van der Waals surface area (Å²) in [4.78, 5) is 36.4. The SMILES string of the molecule is CNC(=O)c1nnc(NC(=O)C2CC2)cc1Nc1ccc(C)c(-c2ccc(C3CN(Cc4cccc(C#N)n4)C3)nc2)c1OC. The predicted molar refractivity (Wildman–Crippen MR) is 168 cm³/mol. The third-order valence-corrected chi connectivity index (χ3v) is 8.03. The molecule has 2 fully saturated rings. The summed E-state index contributed by atoms with van der Waals surface area (Å²) in [6.07, 6.45) is 3.58. The predicted octanol–water partition coefficient (Wildman–Crippen LogP) is 4.17. The molecule has 3 N–H and O–H groups in total. The van der Waals surface area contributed by atoms with E-state index in [1.807, 2.05) is 43.5 Å². The first-order valence-corrected chi connectivity index (χ1v) is 14.8. The van der Waals surface area contributed by atoms with Gasteiger partial charge in [0.05, 0.1) is 24.2 Å². The van der Waals surface area contributed by atoms with Crippen LogP contribution in [0.25, 0.3) is 11.1 Å². The Morgan fingerprint density at radius 2 is 1.91 bits per heavy atom. The number of carbonyl (C=O) groups is 2. The number of nitriles is 1. The smallest absolute Gasteiger partial charge is 0.273 e. The van der Waals surface area contributed by atoms with Crippen molar-refractivity contribution in [2.45, 2.75) is 32.2 Å². The molecule has 1 saturated carbocycles. The van der Waals surface area contributed by atoms with Crippen LogP contribution in [0.3, 0.4) is 0 Å². The van der Waals surface area contributed by atoms with Crippen LogP contribution >= 0.6 is 0 Å². The highest BCUT2D eigenvalue weighted by atomic mass is 16.5. The van der Waals surface area contributed by atoms with Crippen LogP contribution in [0.2, 0.25) is 0 Å². The molecule has 12 heteroatoms. The van der Waals surface area contributed by atoms with Gasteiger partial charge in [0.2, 0.25) is 5.91 Å². The average Bonchev–Trinajstić information content (AvgIpc) is 3.89. The number of nitrogens with one attached hydrogen (secondary N) is 3. The number of anilines is 3. The van der Waals surface area contributed by atoms with E-state index in [0.717, 1.165) is 54.0 Å². The van der Waals surface area contributed by atoms with Crippen LogP contribution in [0.5, 0.6) is 5.75 Å². The van der Waals surface area contributed by atoms with Crippen LogP contribution in [0.15, 0.2) is 54.7 Å². The zero-order valence-electron chi connectivity index (χ0n) is 25.3. The van der Waals surface area contributed by atoms with Gasteiger partial charge in [-0.15, -0.1) is 10.2 Å². The fraction of sp³-hybridized carbons (Fsp3) is 0.303. The summed E-state index contributed by atoms with van der Waals surface area (Å²) in [5.74, 6) is 0.620. The minimum atomic E-state index is -0.419. The Labute approximate surface area is 260 Å². The molecule has 1 aliphatic heterocycles. The standard InChI is InChI=1S/C33H33N9O3/c1-19-7-11-26(38-27-13-28(39-32(43)20-8-9-20)40-41-30(27)33(44)35-2)31(45-3)29(19)21-10-12-25(36-15-21)22-16-42(17-22)18-24-6-4-5-23(14-34)37-24/h4-7,10-13,15,20,22H,8-9,16-18H2,1-3H3,(H,35,44)(H2,38,39,40,43). The molecule has 6 rings (SSSR count). The Bertz CT molecular complexity index is 1790. The fourth-order valence-corrected chi connectivity index (χ4v) is 5.44. The van der Waals surface area contributed by atoms with Crippen LogP contribution in [-0.2, 0) is 11.3 Å². The van der Waals surface area contributed by atoms with Gasteiger partial charge in [0.15, 0.2) is 11.5 Å². The molecule has 3 aromatic heterocycles. The third kappa shape index (κ3) is 6.44. The monoisotopic (exact) mass is 603 g/mol. The number of benzene rings is 1. The van der Waals surface area contributed by atoms with Crippen molar-refractivity contribution < 1.29 is 14.3 Å². The fourth-order valence-electron chi connectivity index (χ4n) is 5.44. The van der Waals surface area contributed by atoms with E-state index < -0.39 is 5.91 Å². The summed E-state index contributed by atoms with van der Waals surface area (Å²) >= 11 is 0. The highest BCUT2D eigenvalue weighted by Crippen LogP contribution is 2.41. The van der Waals surface area contributed by atoms with Crippen molar-refractivity contribution in [1.29, 1.82) is 5.26 Å². The molecule has 0 atom stereocenters. The number of methoxy groups -OCH3 is 1. The Hall–Kier alpha value is -5.41. The zero-order chi connectivity index (χ0) is 31.5. The summed E-state index contributed by atoms with van der Waals surface area (Å²) in [7, 11) is 3.12. The molecule has 0 bridgehead atoms. The van der Waals surface area contributed by atoms with Crippen molar-refractivity contribution in [3.63, 3.8) is 0 Å². The number of amides is 2. The quantitative estimate of drug-likeness (QED) is 0.240. The number of nitrogens with zero attached hydrogens (tertiary/aromatic N) is 6. The summed E-state index contributed by atoms with van der Waals surface area (Å²) in [5.41, 5.74) is 6.15. The minimum absolute atomic E-state index is 0.00456. The molecule has 0 unspecified atom stereocenters. The first kappa shape index (κ1) is 29.7. The number of rotatable bonds is 10. The van der Waals surface area contributed by atoms with Crippen molar-refractivity contribution in [2.24, 2.45) is 5.92 Å². The third-order valence-electron chi connectivity index (χ3n) is 8.03. The molecule has 1 saturated heterocycles. The second kappa shape index (κ2) is 12.7. The lowest BCUT2D eigenvalue weighted by molar-refractivity contribution is -0.117. The summed E-state index contributed by atoms with van der Waals surface area (Å²) in [5, 5.41) is 25.9. The molecule has 4 aromatic rings. The van der Waals surface area contributed by atoms with Gasteiger partial charge in [-0.25, -0.2) is 4.98 Å². The molecule has 2 aliphatic rings. The zero-order valence-corrected chi connectivity index (χ0v) is 25.3. The van der Waals surface area contributed by atoms with Crippen molar-refractivity contribution in [3.8, 4) is 22.9 Å². The Kier molecular flexibility index (Phi) is 8.35. The average molecular weight is 604 g/mol. The lowest BCUT2D eigenvalue weighted by Gasteiger charge is -2.38. The van der Waals surface area contributed by atoms with E-state index in [4.69, 9.17) is 15.0 Å². The van der Waals surface area contributed by atoms with Crippen LogP contribution in [0.4, 0.5) is 17.2 Å². The van der Waals surface area contributed by atoms with Gasteiger partial charge in [-0.2, -0.15) is 5.26 Å². The largest absolute Gasteiger partial charge is 0.494 e. The summed E-state index contributed by atoms with van der Waals surface area (Å²) in [6, 6.07) is 17.2. The number of carbonyl (C=O) groups excluding carboxylic acids is 2. The molecule has 2 amide bonds. The van der Waals surface area contributed by atoms with Crippen LogP contribution in [0.1, 0.15) is 51.9 Å². The van der Waals surface area contributed by atoms with Gasteiger partial charge >= 0.3 is 0 Å². The molecule has 4 heterocycles. The molecule has 228 valence electrons. The summed E-state index contributed by atoms with van der Waals surface area (Å²) < 4.78 is 5.91. The molecular formula is C33H33N9O3. The Morgan fingerprint density at radius 3 is 2.60 bits per heavy atom. The van der Waals surface area contributed by atoms with E-state index >= 15 is 0 Å². The van der Waals surface area contributed by atoms with Crippen LogP contribution in [-0.4, -0.2) is 64.1 Å². The number of pyridine rings is 2. The van der Waals surface area contributed by atoms with Crippen molar-refractivity contribution in [1.82, 2.24) is 30.4 Å². The maximum Gasteiger partial charge on any atom is 0.273 e. The van der Waals surface area contributed by atoms with Crippen molar-refractivity contribution in [3.05, 3.63) is 83.1 Å². The van der Waals surface area contributed by atoms with E-state index in [-0.39, 0.29) is 23.3 Å². The molecule has 0 radical (unpaired) electrons. The van der Waals surface area contributed by atoms with Crippen molar-refractivity contribution in [2.75, 3.05) is 37.9 Å². The number of hydrogen-bond acceptors (Lipinski definition) is 10. The van der Waals surface area contributed by atoms with Gasteiger partial charge < -0.3 is 20.7 Å². The van der Waals surface area contributed by atoms with Gasteiger partial charge in [0.1, 0.15) is 17.5 Å². The highest BCUT2D eigenvalue weighted by Gasteiger charge is 2.31. The molecule has 0 spiro atoms. The number of aryl methyl sites for hydroxylation is 1. The first-order chi connectivity index (χ1) is 21.9. The van der Waals surface area contributed by atoms with Gasteiger partial charge in [0.25, 0.3) is 5.91 Å². The second-order valence-corrected chi connectivity index (χ2v) is 11.3. The number of likely N-dealkylation sites (tertiary alicyclic amines) is 1. The minimum Gasteiger partial charge on any atom is -0.494 e. The highest BCUT2D eigenvalue weighted by molar-refractivity contribution is 6.00. The van der Waals surface area contributed by atoms with E-state index in [1.54, 1.807) is 19.2 Å². The maximum absolute atomic E-state index is 12.6. The van der Waals surface area contributed by atoms with Crippen molar-refractivity contribution >= 4 is 29.0 Å². The normalized spacial score (nSPS) is 14.6. The van der Waals surface area contributed by atoms with E-state index in [0.29, 0.717) is 35.3 Å².